The number of halogens is 1. The molecule has 0 saturated heterocycles. The Morgan fingerprint density at radius 1 is 1.24 bits per heavy atom. The molecule has 0 heterocycles. The first kappa shape index (κ1) is 14.3. The maximum absolute atomic E-state index is 6.16. The van der Waals surface area contributed by atoms with Crippen molar-refractivity contribution in [1.29, 1.82) is 0 Å². The van der Waals surface area contributed by atoms with Gasteiger partial charge in [0.25, 0.3) is 0 Å². The lowest BCUT2D eigenvalue weighted by atomic mass is 9.86. The van der Waals surface area contributed by atoms with Crippen LogP contribution in [0.3, 0.4) is 0 Å². The number of benzene rings is 1. The summed E-state index contributed by atoms with van der Waals surface area (Å²) >= 11 is 6.16. The molecule has 0 saturated carbocycles. The van der Waals surface area contributed by atoms with E-state index in [4.69, 9.17) is 16.3 Å². The monoisotopic (exact) mass is 255 g/mol. The normalized spacial score (nSPS) is 14.8. The van der Waals surface area contributed by atoms with Gasteiger partial charge in [0, 0.05) is 6.04 Å². The van der Waals surface area contributed by atoms with E-state index in [0.29, 0.717) is 22.9 Å². The highest BCUT2D eigenvalue weighted by Gasteiger charge is 2.21. The van der Waals surface area contributed by atoms with Crippen LogP contribution in [-0.2, 0) is 0 Å². The molecule has 0 aliphatic heterocycles. The Kier molecular flexibility index (Phi) is 5.29. The zero-order valence-corrected chi connectivity index (χ0v) is 12.0. The molecule has 0 aliphatic rings. The molecule has 2 nitrogen and oxygen atoms in total. The molecule has 0 spiro atoms. The van der Waals surface area contributed by atoms with Gasteiger partial charge in [-0.05, 0) is 36.6 Å². The molecule has 0 aromatic heterocycles. The minimum absolute atomic E-state index is 0.318. The highest BCUT2D eigenvalue weighted by molar-refractivity contribution is 6.32. The Balaban J connectivity index is 3.00. The van der Waals surface area contributed by atoms with Crippen LogP contribution in [0.15, 0.2) is 18.2 Å². The van der Waals surface area contributed by atoms with Gasteiger partial charge < -0.3 is 10.1 Å². The van der Waals surface area contributed by atoms with Gasteiger partial charge in [-0.1, -0.05) is 38.4 Å². The summed E-state index contributed by atoms with van der Waals surface area (Å²) in [5, 5.41) is 4.03. The maximum atomic E-state index is 6.16. The summed E-state index contributed by atoms with van der Waals surface area (Å²) < 4.78 is 5.17. The average molecular weight is 256 g/mol. The number of rotatable bonds is 5. The second-order valence-corrected chi connectivity index (χ2v) is 5.17. The molecule has 0 amide bonds. The standard InChI is InChI=1S/C14H22ClNO/c1-9(2)10(3)14(16-4)11-6-7-13(17-5)12(15)8-11/h6-10,14,16H,1-5H3. The molecule has 96 valence electrons. The Morgan fingerprint density at radius 3 is 2.29 bits per heavy atom. The van der Waals surface area contributed by atoms with E-state index in [1.54, 1.807) is 7.11 Å². The number of methoxy groups -OCH3 is 1. The second-order valence-electron chi connectivity index (χ2n) is 4.76. The summed E-state index contributed by atoms with van der Waals surface area (Å²) in [4.78, 5) is 0. The van der Waals surface area contributed by atoms with Gasteiger partial charge in [0.05, 0.1) is 12.1 Å². The molecule has 3 heteroatoms. The van der Waals surface area contributed by atoms with Gasteiger partial charge in [-0.3, -0.25) is 0 Å². The van der Waals surface area contributed by atoms with E-state index in [0.717, 1.165) is 5.75 Å². The second kappa shape index (κ2) is 6.27. The first-order chi connectivity index (χ1) is 8.01. The van der Waals surface area contributed by atoms with Crippen molar-refractivity contribution in [2.75, 3.05) is 14.2 Å². The maximum Gasteiger partial charge on any atom is 0.137 e. The topological polar surface area (TPSA) is 21.3 Å². The van der Waals surface area contributed by atoms with E-state index in [1.807, 2.05) is 19.2 Å². The fourth-order valence-electron chi connectivity index (χ4n) is 1.99. The first-order valence-electron chi connectivity index (χ1n) is 6.02. The van der Waals surface area contributed by atoms with Crippen LogP contribution in [0.1, 0.15) is 32.4 Å². The van der Waals surface area contributed by atoms with Crippen molar-refractivity contribution in [3.05, 3.63) is 28.8 Å². The third-order valence-corrected chi connectivity index (χ3v) is 3.72. The lowest BCUT2D eigenvalue weighted by Gasteiger charge is -2.27. The predicted octanol–water partition coefficient (Wildman–Crippen LogP) is 3.90. The minimum Gasteiger partial charge on any atom is -0.495 e. The Bertz CT molecular complexity index is 365. The van der Waals surface area contributed by atoms with Crippen LogP contribution in [0.4, 0.5) is 0 Å². The van der Waals surface area contributed by atoms with E-state index >= 15 is 0 Å². The van der Waals surface area contributed by atoms with E-state index < -0.39 is 0 Å². The van der Waals surface area contributed by atoms with Crippen LogP contribution in [0.25, 0.3) is 0 Å². The summed E-state index contributed by atoms with van der Waals surface area (Å²) in [5.74, 6) is 1.89. The van der Waals surface area contributed by atoms with Crippen molar-refractivity contribution in [2.24, 2.45) is 11.8 Å². The van der Waals surface area contributed by atoms with Gasteiger partial charge >= 0.3 is 0 Å². The highest BCUT2D eigenvalue weighted by atomic mass is 35.5. The smallest absolute Gasteiger partial charge is 0.137 e. The molecular formula is C14H22ClNO. The van der Waals surface area contributed by atoms with Crippen LogP contribution in [0, 0.1) is 11.8 Å². The largest absolute Gasteiger partial charge is 0.495 e. The Morgan fingerprint density at radius 2 is 1.88 bits per heavy atom. The number of hydrogen-bond donors (Lipinski definition) is 1. The summed E-state index contributed by atoms with van der Waals surface area (Å²) in [6.07, 6.45) is 0. The van der Waals surface area contributed by atoms with Gasteiger partial charge in [0.2, 0.25) is 0 Å². The molecule has 0 fully saturated rings. The first-order valence-corrected chi connectivity index (χ1v) is 6.39. The van der Waals surface area contributed by atoms with Crippen molar-refractivity contribution in [2.45, 2.75) is 26.8 Å². The van der Waals surface area contributed by atoms with Crippen molar-refractivity contribution in [3.63, 3.8) is 0 Å². The van der Waals surface area contributed by atoms with E-state index in [9.17, 15) is 0 Å². The molecule has 1 aromatic carbocycles. The van der Waals surface area contributed by atoms with Gasteiger partial charge in [-0.15, -0.1) is 0 Å². The molecular weight excluding hydrogens is 234 g/mol. The molecule has 0 radical (unpaired) electrons. The van der Waals surface area contributed by atoms with Gasteiger partial charge in [0.1, 0.15) is 5.75 Å². The number of ether oxygens (including phenoxy) is 1. The van der Waals surface area contributed by atoms with Gasteiger partial charge in [-0.25, -0.2) is 0 Å². The molecule has 2 unspecified atom stereocenters. The van der Waals surface area contributed by atoms with Gasteiger partial charge in [-0.2, -0.15) is 0 Å². The Labute approximate surface area is 109 Å². The van der Waals surface area contributed by atoms with Crippen molar-refractivity contribution in [3.8, 4) is 5.75 Å². The van der Waals surface area contributed by atoms with E-state index in [2.05, 4.69) is 32.2 Å². The van der Waals surface area contributed by atoms with Crippen LogP contribution in [0.5, 0.6) is 5.75 Å². The van der Waals surface area contributed by atoms with Crippen LogP contribution >= 0.6 is 11.6 Å². The molecule has 2 atom stereocenters. The summed E-state index contributed by atoms with van der Waals surface area (Å²) in [6.45, 7) is 6.73. The fraction of sp³-hybridized carbons (Fsp3) is 0.571. The summed E-state index contributed by atoms with van der Waals surface area (Å²) in [6, 6.07) is 6.30. The highest BCUT2D eigenvalue weighted by Crippen LogP contribution is 2.32. The van der Waals surface area contributed by atoms with Gasteiger partial charge in [0.15, 0.2) is 0 Å². The zero-order chi connectivity index (χ0) is 13.0. The number of nitrogens with one attached hydrogen (secondary N) is 1. The van der Waals surface area contributed by atoms with Crippen molar-refractivity contribution < 1.29 is 4.74 Å². The van der Waals surface area contributed by atoms with Crippen molar-refractivity contribution in [1.82, 2.24) is 5.32 Å². The molecule has 1 aromatic rings. The third kappa shape index (κ3) is 3.36. The minimum atomic E-state index is 0.318. The molecule has 0 bridgehead atoms. The SMILES string of the molecule is CNC(c1ccc(OC)c(Cl)c1)C(C)C(C)C. The summed E-state index contributed by atoms with van der Waals surface area (Å²) in [7, 11) is 3.62. The van der Waals surface area contributed by atoms with E-state index in [1.165, 1.54) is 5.56 Å². The van der Waals surface area contributed by atoms with E-state index in [-0.39, 0.29) is 0 Å². The van der Waals surface area contributed by atoms with Crippen LogP contribution in [0.2, 0.25) is 5.02 Å². The predicted molar refractivity (Wildman–Crippen MR) is 73.8 cm³/mol. The van der Waals surface area contributed by atoms with Crippen LogP contribution < -0.4 is 10.1 Å². The molecule has 0 aliphatic carbocycles. The summed E-state index contributed by atoms with van der Waals surface area (Å²) in [5.41, 5.74) is 1.21. The number of hydrogen-bond acceptors (Lipinski definition) is 2. The molecule has 17 heavy (non-hydrogen) atoms. The lowest BCUT2D eigenvalue weighted by molar-refractivity contribution is 0.317. The Hall–Kier alpha value is -0.730. The fourth-order valence-corrected chi connectivity index (χ4v) is 2.26. The molecule has 1 N–H and O–H groups in total. The lowest BCUT2D eigenvalue weighted by Crippen LogP contribution is -2.26. The van der Waals surface area contributed by atoms with Crippen LogP contribution in [-0.4, -0.2) is 14.2 Å². The quantitative estimate of drug-likeness (QED) is 0.862. The third-order valence-electron chi connectivity index (χ3n) is 3.42. The zero-order valence-electron chi connectivity index (χ0n) is 11.3. The van der Waals surface area contributed by atoms with Crippen molar-refractivity contribution >= 4 is 11.6 Å². The molecule has 1 rings (SSSR count). The average Bonchev–Trinajstić information content (AvgIpc) is 2.30.